The number of para-hydroxylation sites is 1. The van der Waals surface area contributed by atoms with Crippen molar-refractivity contribution in [1.29, 1.82) is 0 Å². The van der Waals surface area contributed by atoms with Crippen LogP contribution in [0.15, 0.2) is 47.6 Å². The monoisotopic (exact) mass is 384 g/mol. The molecule has 27 heavy (non-hydrogen) atoms. The minimum Gasteiger partial charge on any atom is -0.492 e. The quantitative estimate of drug-likeness (QED) is 0.740. The maximum absolute atomic E-state index is 13.5. The third kappa shape index (κ3) is 2.59. The second-order valence-electron chi connectivity index (χ2n) is 6.77. The Bertz CT molecular complexity index is 1120. The predicted octanol–water partition coefficient (Wildman–Crippen LogP) is 1.62. The van der Waals surface area contributed by atoms with Gasteiger partial charge in [0.1, 0.15) is 16.2 Å². The van der Waals surface area contributed by atoms with Crippen molar-refractivity contribution in [2.24, 2.45) is 0 Å². The van der Waals surface area contributed by atoms with Gasteiger partial charge in [0.2, 0.25) is 0 Å². The van der Waals surface area contributed by atoms with E-state index in [0.717, 1.165) is 43.9 Å². The molecule has 2 aliphatic heterocycles. The van der Waals surface area contributed by atoms with Crippen LogP contribution < -0.4 is 15.0 Å². The van der Waals surface area contributed by atoms with E-state index in [1.54, 1.807) is 36.7 Å². The highest BCUT2D eigenvalue weighted by Gasteiger charge is 2.29. The van der Waals surface area contributed by atoms with Crippen molar-refractivity contribution >= 4 is 26.7 Å². The van der Waals surface area contributed by atoms with Crippen LogP contribution >= 0.6 is 0 Å². The zero-order valence-corrected chi connectivity index (χ0v) is 15.6. The molecule has 0 aliphatic carbocycles. The number of fused-ring (bicyclic) bond motifs is 2. The number of nitrogens with one attached hydrogen (secondary N) is 1. The van der Waals surface area contributed by atoms with Crippen molar-refractivity contribution in [3.63, 3.8) is 0 Å². The fraction of sp³-hybridized carbons (Fsp3) is 0.316. The third-order valence-electron chi connectivity index (χ3n) is 5.18. The molecule has 0 unspecified atom stereocenters. The number of hydrogen-bond donors (Lipinski definition) is 1. The van der Waals surface area contributed by atoms with Crippen molar-refractivity contribution in [3.8, 4) is 5.75 Å². The maximum atomic E-state index is 13.5. The van der Waals surface area contributed by atoms with Gasteiger partial charge in [0.05, 0.1) is 17.8 Å². The number of rotatable bonds is 3. The van der Waals surface area contributed by atoms with Crippen molar-refractivity contribution in [1.82, 2.24) is 14.3 Å². The first-order valence-electron chi connectivity index (χ1n) is 9.08. The number of hydrogen-bond acceptors (Lipinski definition) is 6. The van der Waals surface area contributed by atoms with Crippen LogP contribution in [0.5, 0.6) is 5.75 Å². The first-order chi connectivity index (χ1) is 13.2. The van der Waals surface area contributed by atoms with Gasteiger partial charge in [0, 0.05) is 45.0 Å². The number of ether oxygens (including phenoxy) is 1. The van der Waals surface area contributed by atoms with Crippen LogP contribution in [0.3, 0.4) is 0 Å². The summed E-state index contributed by atoms with van der Waals surface area (Å²) in [5, 5.41) is 3.32. The van der Waals surface area contributed by atoms with Gasteiger partial charge in [-0.3, -0.25) is 4.98 Å². The molecular formula is C19H20N4O3S. The average Bonchev–Trinajstić information content (AvgIpc) is 3.33. The first-order valence-corrected chi connectivity index (χ1v) is 10.5. The summed E-state index contributed by atoms with van der Waals surface area (Å²) in [5.41, 5.74) is 3.08. The largest absolute Gasteiger partial charge is 0.492 e. The van der Waals surface area contributed by atoms with Gasteiger partial charge in [-0.05, 0) is 23.8 Å². The Labute approximate surface area is 157 Å². The van der Waals surface area contributed by atoms with Crippen LogP contribution in [0.2, 0.25) is 0 Å². The van der Waals surface area contributed by atoms with Crippen LogP contribution in [0.1, 0.15) is 5.56 Å². The summed E-state index contributed by atoms with van der Waals surface area (Å²) in [6.07, 6.45) is 4.14. The van der Waals surface area contributed by atoms with E-state index in [4.69, 9.17) is 4.74 Å². The van der Waals surface area contributed by atoms with Gasteiger partial charge >= 0.3 is 0 Å². The fourth-order valence-corrected chi connectivity index (χ4v) is 5.38. The highest BCUT2D eigenvalue weighted by atomic mass is 32.2. The normalized spacial score (nSPS) is 17.1. The smallest absolute Gasteiger partial charge is 0.271 e. The highest BCUT2D eigenvalue weighted by Crippen LogP contribution is 2.36. The SMILES string of the molecule is O=S(=O)(c1cccc2c1OCC2)n1cc(N2CCNCC2)c2ncccc21. The average molecular weight is 384 g/mol. The molecule has 5 rings (SSSR count). The van der Waals surface area contributed by atoms with E-state index in [9.17, 15) is 8.42 Å². The molecule has 1 N–H and O–H groups in total. The van der Waals surface area contributed by atoms with E-state index in [0.29, 0.717) is 23.4 Å². The summed E-state index contributed by atoms with van der Waals surface area (Å²) >= 11 is 0. The number of nitrogens with zero attached hydrogens (tertiary/aromatic N) is 3. The van der Waals surface area contributed by atoms with Crippen molar-refractivity contribution in [2.45, 2.75) is 11.3 Å². The van der Waals surface area contributed by atoms with Crippen LogP contribution in [0.4, 0.5) is 5.69 Å². The van der Waals surface area contributed by atoms with Gasteiger partial charge < -0.3 is 15.0 Å². The summed E-state index contributed by atoms with van der Waals surface area (Å²) in [7, 11) is -3.80. The van der Waals surface area contributed by atoms with Crippen LogP contribution in [-0.2, 0) is 16.4 Å². The molecule has 1 saturated heterocycles. The molecule has 2 aromatic heterocycles. The Morgan fingerprint density at radius 1 is 1.11 bits per heavy atom. The third-order valence-corrected chi connectivity index (χ3v) is 6.88. The van der Waals surface area contributed by atoms with E-state index in [-0.39, 0.29) is 4.90 Å². The lowest BCUT2D eigenvalue weighted by atomic mass is 10.2. The molecule has 0 bridgehead atoms. The zero-order chi connectivity index (χ0) is 18.4. The van der Waals surface area contributed by atoms with E-state index < -0.39 is 10.0 Å². The molecule has 140 valence electrons. The Balaban J connectivity index is 1.70. The van der Waals surface area contributed by atoms with Gasteiger partial charge in [-0.1, -0.05) is 12.1 Å². The number of anilines is 1. The van der Waals surface area contributed by atoms with E-state index >= 15 is 0 Å². The lowest BCUT2D eigenvalue weighted by Gasteiger charge is -2.28. The first kappa shape index (κ1) is 16.6. The standard InChI is InChI=1S/C19H20N4O3S/c24-27(25,17-5-1-3-14-6-12-26-19(14)17)23-13-16(22-10-8-20-9-11-22)18-15(23)4-2-7-21-18/h1-5,7,13,20H,6,8-12H2. The molecule has 1 aromatic carbocycles. The molecule has 0 amide bonds. The maximum Gasteiger partial charge on any atom is 0.271 e. The zero-order valence-electron chi connectivity index (χ0n) is 14.8. The summed E-state index contributed by atoms with van der Waals surface area (Å²) in [5.74, 6) is 0.479. The Morgan fingerprint density at radius 2 is 1.96 bits per heavy atom. The van der Waals surface area contributed by atoms with E-state index in [2.05, 4.69) is 15.2 Å². The Kier molecular flexibility index (Phi) is 3.84. The van der Waals surface area contributed by atoms with Gasteiger partial charge in [-0.25, -0.2) is 12.4 Å². The van der Waals surface area contributed by atoms with Crippen LogP contribution in [0, 0.1) is 0 Å². The summed E-state index contributed by atoms with van der Waals surface area (Å²) in [6.45, 7) is 3.89. The number of pyridine rings is 1. The molecule has 0 atom stereocenters. The van der Waals surface area contributed by atoms with Gasteiger partial charge in [-0.2, -0.15) is 0 Å². The molecule has 2 aliphatic rings. The van der Waals surface area contributed by atoms with Gasteiger partial charge in [0.25, 0.3) is 10.0 Å². The Morgan fingerprint density at radius 3 is 2.81 bits per heavy atom. The summed E-state index contributed by atoms with van der Waals surface area (Å²) < 4.78 is 34.1. The summed E-state index contributed by atoms with van der Waals surface area (Å²) in [6, 6.07) is 8.88. The second-order valence-corrected chi connectivity index (χ2v) is 8.55. The van der Waals surface area contributed by atoms with Crippen molar-refractivity contribution in [3.05, 3.63) is 48.3 Å². The van der Waals surface area contributed by atoms with E-state index in [1.165, 1.54) is 3.97 Å². The van der Waals surface area contributed by atoms with Gasteiger partial charge in [0.15, 0.2) is 0 Å². The van der Waals surface area contributed by atoms with Crippen molar-refractivity contribution < 1.29 is 13.2 Å². The summed E-state index contributed by atoms with van der Waals surface area (Å²) in [4.78, 5) is 6.88. The lowest BCUT2D eigenvalue weighted by Crippen LogP contribution is -2.43. The number of aromatic nitrogens is 2. The number of piperazine rings is 1. The molecule has 7 nitrogen and oxygen atoms in total. The molecule has 0 saturated carbocycles. The van der Waals surface area contributed by atoms with E-state index in [1.807, 2.05) is 6.07 Å². The van der Waals surface area contributed by atoms with Crippen molar-refractivity contribution in [2.75, 3.05) is 37.7 Å². The molecule has 3 aromatic rings. The molecule has 1 fully saturated rings. The fourth-order valence-electron chi connectivity index (χ4n) is 3.84. The van der Waals surface area contributed by atoms with Crippen LogP contribution in [-0.4, -0.2) is 50.2 Å². The molecule has 8 heteroatoms. The number of benzene rings is 1. The van der Waals surface area contributed by atoms with Gasteiger partial charge in [-0.15, -0.1) is 0 Å². The second kappa shape index (κ2) is 6.24. The minimum atomic E-state index is -3.80. The molecule has 4 heterocycles. The predicted molar refractivity (Wildman–Crippen MR) is 103 cm³/mol. The molecule has 0 spiro atoms. The topological polar surface area (TPSA) is 76.5 Å². The molecule has 0 radical (unpaired) electrons. The lowest BCUT2D eigenvalue weighted by molar-refractivity contribution is 0.348. The highest BCUT2D eigenvalue weighted by molar-refractivity contribution is 7.90. The minimum absolute atomic E-state index is 0.213. The molecular weight excluding hydrogens is 364 g/mol. The van der Waals surface area contributed by atoms with Crippen LogP contribution in [0.25, 0.3) is 11.0 Å². The Hall–Kier alpha value is -2.58.